The van der Waals surface area contributed by atoms with Gasteiger partial charge in [0.05, 0.1) is 21.5 Å². The molecule has 1 amide bonds. The second kappa shape index (κ2) is 9.06. The van der Waals surface area contributed by atoms with Crippen LogP contribution >= 0.6 is 11.6 Å². The summed E-state index contributed by atoms with van der Waals surface area (Å²) in [6.07, 6.45) is 0. The first-order valence-electron chi connectivity index (χ1n) is 9.96. The van der Waals surface area contributed by atoms with Gasteiger partial charge < -0.3 is 10.2 Å². The van der Waals surface area contributed by atoms with Crippen molar-refractivity contribution in [1.29, 1.82) is 0 Å². The molecule has 0 unspecified atom stereocenters. The number of halogens is 1. The molecule has 2 aromatic carbocycles. The topological polar surface area (TPSA) is 69.7 Å². The Balaban J connectivity index is 1.84. The highest BCUT2D eigenvalue weighted by atomic mass is 35.5. The maximum atomic E-state index is 13.0. The van der Waals surface area contributed by atoms with E-state index in [1.807, 2.05) is 46.0 Å². The molecular weight excluding hydrogens is 422 g/mol. The zero-order valence-corrected chi connectivity index (χ0v) is 19.3. The Bertz CT molecular complexity index is 1050. The van der Waals surface area contributed by atoms with Gasteiger partial charge in [0, 0.05) is 26.2 Å². The van der Waals surface area contributed by atoms with Crippen molar-refractivity contribution in [2.75, 3.05) is 33.2 Å². The third kappa shape index (κ3) is 4.86. The lowest BCUT2D eigenvalue weighted by molar-refractivity contribution is 0.0939. The fourth-order valence-corrected chi connectivity index (χ4v) is 5.25. The summed E-state index contributed by atoms with van der Waals surface area (Å²) in [5.74, 6) is -0.399. The molecule has 0 aromatic heterocycles. The molecule has 8 heteroatoms. The minimum atomic E-state index is -3.68. The molecule has 1 atom stereocenters. The van der Waals surface area contributed by atoms with E-state index in [9.17, 15) is 13.2 Å². The number of hydrogen-bond acceptors (Lipinski definition) is 4. The molecule has 1 fully saturated rings. The van der Waals surface area contributed by atoms with E-state index in [4.69, 9.17) is 11.6 Å². The van der Waals surface area contributed by atoms with Gasteiger partial charge in [-0.1, -0.05) is 35.4 Å². The van der Waals surface area contributed by atoms with Gasteiger partial charge in [-0.05, 0) is 57.1 Å². The Morgan fingerprint density at radius 1 is 1.07 bits per heavy atom. The average molecular weight is 450 g/mol. The highest BCUT2D eigenvalue weighted by Gasteiger charge is 2.28. The summed E-state index contributed by atoms with van der Waals surface area (Å²) in [4.78, 5) is 15.1. The number of likely N-dealkylation sites (N-methyl/N-ethyl adjacent to an activating group) is 1. The van der Waals surface area contributed by atoms with Crippen molar-refractivity contribution >= 4 is 27.5 Å². The molecule has 6 nitrogen and oxygen atoms in total. The van der Waals surface area contributed by atoms with Crippen molar-refractivity contribution in [3.63, 3.8) is 0 Å². The third-order valence-corrected chi connectivity index (χ3v) is 7.76. The van der Waals surface area contributed by atoms with Crippen molar-refractivity contribution in [1.82, 2.24) is 14.5 Å². The largest absolute Gasteiger partial charge is 0.345 e. The summed E-state index contributed by atoms with van der Waals surface area (Å²) in [6, 6.07) is 10.1. The van der Waals surface area contributed by atoms with Gasteiger partial charge in [-0.2, -0.15) is 4.31 Å². The first-order valence-corrected chi connectivity index (χ1v) is 11.8. The Morgan fingerprint density at radius 2 is 1.73 bits per heavy atom. The van der Waals surface area contributed by atoms with E-state index in [-0.39, 0.29) is 21.5 Å². The first-order chi connectivity index (χ1) is 14.1. The number of aryl methyl sites for hydroxylation is 2. The summed E-state index contributed by atoms with van der Waals surface area (Å²) < 4.78 is 27.5. The van der Waals surface area contributed by atoms with Gasteiger partial charge in [0.15, 0.2) is 0 Å². The zero-order chi connectivity index (χ0) is 22.1. The van der Waals surface area contributed by atoms with Crippen LogP contribution in [0.25, 0.3) is 0 Å². The fraction of sp³-hybridized carbons (Fsp3) is 0.409. The molecule has 0 spiro atoms. The van der Waals surface area contributed by atoms with Crippen molar-refractivity contribution in [3.8, 4) is 0 Å². The minimum absolute atomic E-state index is 0.0843. The van der Waals surface area contributed by atoms with Crippen molar-refractivity contribution < 1.29 is 13.2 Å². The van der Waals surface area contributed by atoms with Gasteiger partial charge in [-0.25, -0.2) is 8.42 Å². The number of carbonyl (C=O) groups excluding carboxylic acids is 1. The normalized spacial score (nSPS) is 17.0. The second-order valence-corrected chi connectivity index (χ2v) is 10.2. The van der Waals surface area contributed by atoms with Gasteiger partial charge in [-0.15, -0.1) is 0 Å². The number of nitrogens with one attached hydrogen (secondary N) is 1. The molecule has 162 valence electrons. The van der Waals surface area contributed by atoms with Crippen LogP contribution in [0.5, 0.6) is 0 Å². The Labute approximate surface area is 183 Å². The van der Waals surface area contributed by atoms with Gasteiger partial charge in [0.1, 0.15) is 0 Å². The Kier molecular flexibility index (Phi) is 6.87. The lowest BCUT2D eigenvalue weighted by atomic mass is 10.00. The van der Waals surface area contributed by atoms with E-state index < -0.39 is 15.9 Å². The van der Waals surface area contributed by atoms with Crippen molar-refractivity contribution in [2.45, 2.75) is 31.7 Å². The number of amides is 1. The molecule has 1 aliphatic rings. The quantitative estimate of drug-likeness (QED) is 0.759. The summed E-state index contributed by atoms with van der Waals surface area (Å²) in [5.41, 5.74) is 3.35. The summed E-state index contributed by atoms with van der Waals surface area (Å²) >= 11 is 6.26. The van der Waals surface area contributed by atoms with Crippen LogP contribution in [0.2, 0.25) is 5.02 Å². The molecule has 2 aromatic rings. The van der Waals surface area contributed by atoms with Crippen LogP contribution in [0, 0.1) is 13.8 Å². The van der Waals surface area contributed by atoms with E-state index in [2.05, 4.69) is 10.2 Å². The molecule has 0 bridgehead atoms. The zero-order valence-electron chi connectivity index (χ0n) is 17.8. The summed E-state index contributed by atoms with van der Waals surface area (Å²) in [5, 5.41) is 3.17. The SMILES string of the molecule is Cc1ccc(C)c([C@H](C)NC(=O)c2cc(S(=O)(=O)N3CCN(C)CC3)ccc2Cl)c1. The maximum absolute atomic E-state index is 13.0. The molecule has 3 rings (SSSR count). The van der Waals surface area contributed by atoms with Crippen LogP contribution in [0.1, 0.15) is 40.0 Å². The molecular formula is C22H28ClN3O3S. The lowest BCUT2D eigenvalue weighted by Crippen LogP contribution is -2.47. The number of hydrogen-bond donors (Lipinski definition) is 1. The monoisotopic (exact) mass is 449 g/mol. The summed E-state index contributed by atoms with van der Waals surface area (Å²) in [7, 11) is -1.72. The van der Waals surface area contributed by atoms with E-state index in [1.165, 1.54) is 22.5 Å². The van der Waals surface area contributed by atoms with E-state index in [0.29, 0.717) is 26.2 Å². The number of rotatable bonds is 5. The van der Waals surface area contributed by atoms with Crippen LogP contribution in [0.3, 0.4) is 0 Å². The number of piperazine rings is 1. The van der Waals surface area contributed by atoms with Crippen molar-refractivity contribution in [2.24, 2.45) is 0 Å². The van der Waals surface area contributed by atoms with Crippen LogP contribution < -0.4 is 5.32 Å². The van der Waals surface area contributed by atoms with Crippen LogP contribution in [0.4, 0.5) is 0 Å². The summed E-state index contributed by atoms with van der Waals surface area (Å²) in [6.45, 7) is 8.09. The lowest BCUT2D eigenvalue weighted by Gasteiger charge is -2.31. The molecule has 1 aliphatic heterocycles. The highest BCUT2D eigenvalue weighted by Crippen LogP contribution is 2.25. The first kappa shape index (κ1) is 22.7. The number of benzene rings is 2. The van der Waals surface area contributed by atoms with Gasteiger partial charge in [-0.3, -0.25) is 4.79 Å². The van der Waals surface area contributed by atoms with Gasteiger partial charge in [0.25, 0.3) is 5.91 Å². The Morgan fingerprint density at radius 3 is 2.40 bits per heavy atom. The molecule has 1 N–H and O–H groups in total. The predicted molar refractivity (Wildman–Crippen MR) is 120 cm³/mol. The molecule has 1 saturated heterocycles. The van der Waals surface area contributed by atoms with E-state index in [0.717, 1.165) is 16.7 Å². The molecule has 0 saturated carbocycles. The van der Waals surface area contributed by atoms with Gasteiger partial charge >= 0.3 is 0 Å². The number of carbonyl (C=O) groups is 1. The van der Waals surface area contributed by atoms with Crippen molar-refractivity contribution in [3.05, 3.63) is 63.7 Å². The standard InChI is InChI=1S/C22H28ClN3O3S/c1-15-5-6-16(2)19(13-15)17(3)24-22(27)20-14-18(7-8-21(20)23)30(28,29)26-11-9-25(4)10-12-26/h5-8,13-14,17H,9-12H2,1-4H3,(H,24,27)/t17-/m0/s1. The van der Waals surface area contributed by atoms with E-state index in [1.54, 1.807) is 0 Å². The molecule has 0 radical (unpaired) electrons. The fourth-order valence-electron chi connectivity index (χ4n) is 3.59. The molecule has 0 aliphatic carbocycles. The third-order valence-electron chi connectivity index (χ3n) is 5.53. The maximum Gasteiger partial charge on any atom is 0.253 e. The number of sulfonamides is 1. The minimum Gasteiger partial charge on any atom is -0.345 e. The average Bonchev–Trinajstić information content (AvgIpc) is 2.70. The Hall–Kier alpha value is -1.93. The molecule has 30 heavy (non-hydrogen) atoms. The molecule has 1 heterocycles. The van der Waals surface area contributed by atoms with Gasteiger partial charge in [0.2, 0.25) is 10.0 Å². The van der Waals surface area contributed by atoms with Crippen LogP contribution in [-0.4, -0.2) is 56.8 Å². The smallest absolute Gasteiger partial charge is 0.253 e. The highest BCUT2D eigenvalue weighted by molar-refractivity contribution is 7.89. The second-order valence-electron chi connectivity index (χ2n) is 7.90. The van der Waals surface area contributed by atoms with E-state index >= 15 is 0 Å². The van der Waals surface area contributed by atoms with Crippen LogP contribution in [0.15, 0.2) is 41.3 Å². The van der Waals surface area contributed by atoms with Crippen LogP contribution in [-0.2, 0) is 10.0 Å². The number of nitrogens with zero attached hydrogens (tertiary/aromatic N) is 2. The predicted octanol–water partition coefficient (Wildman–Crippen LogP) is 3.38.